The number of fused-ring (bicyclic) bond motifs is 1. The van der Waals surface area contributed by atoms with Crippen molar-refractivity contribution in [3.05, 3.63) is 45.9 Å². The van der Waals surface area contributed by atoms with Crippen molar-refractivity contribution >= 4 is 11.0 Å². The van der Waals surface area contributed by atoms with E-state index in [0.717, 1.165) is 11.1 Å². The fourth-order valence-corrected chi connectivity index (χ4v) is 2.74. The average molecular weight is 340 g/mol. The quantitative estimate of drug-likeness (QED) is 0.711. The van der Waals surface area contributed by atoms with Crippen molar-refractivity contribution in [2.24, 2.45) is 0 Å². The molecule has 0 amide bonds. The summed E-state index contributed by atoms with van der Waals surface area (Å²) in [7, 11) is 0. The van der Waals surface area contributed by atoms with Crippen molar-refractivity contribution in [2.75, 3.05) is 0 Å². The van der Waals surface area contributed by atoms with Gasteiger partial charge in [0.25, 0.3) is 5.56 Å². The van der Waals surface area contributed by atoms with Crippen LogP contribution in [0.2, 0.25) is 0 Å². The van der Waals surface area contributed by atoms with E-state index in [4.69, 9.17) is 0 Å². The third-order valence-electron chi connectivity index (χ3n) is 4.29. The van der Waals surface area contributed by atoms with Gasteiger partial charge in [-0.1, -0.05) is 47.6 Å². The number of aromatic amines is 1. The molecule has 3 rings (SSSR count). The van der Waals surface area contributed by atoms with Gasteiger partial charge in [0, 0.05) is 11.8 Å². The molecule has 1 aromatic carbocycles. The molecule has 0 atom stereocenters. The molecule has 0 bridgehead atoms. The highest BCUT2D eigenvalue weighted by molar-refractivity contribution is 5.72. The molecule has 3 aromatic rings. The number of hydrogen-bond acceptors (Lipinski definition) is 4. The summed E-state index contributed by atoms with van der Waals surface area (Å²) < 4.78 is 0. The summed E-state index contributed by atoms with van der Waals surface area (Å²) >= 11 is 0. The van der Waals surface area contributed by atoms with Crippen LogP contribution in [0.4, 0.5) is 0 Å². The minimum atomic E-state index is -0.300. The van der Waals surface area contributed by atoms with E-state index in [9.17, 15) is 9.90 Å². The molecule has 2 heterocycles. The van der Waals surface area contributed by atoms with Gasteiger partial charge in [0.1, 0.15) is 17.0 Å². The molecule has 0 spiro atoms. The number of phenolic OH excluding ortho intramolecular Hbond substituents is 1. The molecular formula is C19H24N4O2. The van der Waals surface area contributed by atoms with Crippen LogP contribution in [0.5, 0.6) is 5.75 Å². The smallest absolute Gasteiger partial charge is 0.278 e. The molecule has 0 aliphatic carbocycles. The number of pyridine rings is 1. The number of rotatable bonds is 1. The Labute approximate surface area is 146 Å². The zero-order valence-corrected chi connectivity index (χ0v) is 15.5. The first kappa shape index (κ1) is 17.2. The average Bonchev–Trinajstić information content (AvgIpc) is 2.90. The Morgan fingerprint density at radius 1 is 1.04 bits per heavy atom. The molecule has 0 aliphatic rings. The Balaban J connectivity index is 2.33. The molecule has 0 fully saturated rings. The highest BCUT2D eigenvalue weighted by atomic mass is 16.3. The number of aromatic nitrogens is 4. The van der Waals surface area contributed by atoms with Gasteiger partial charge in [-0.05, 0) is 28.5 Å². The topological polar surface area (TPSA) is 83.8 Å². The van der Waals surface area contributed by atoms with E-state index < -0.39 is 0 Å². The van der Waals surface area contributed by atoms with E-state index in [1.54, 1.807) is 6.07 Å². The number of benzene rings is 1. The van der Waals surface area contributed by atoms with Crippen LogP contribution in [0.1, 0.15) is 52.7 Å². The monoisotopic (exact) mass is 340 g/mol. The van der Waals surface area contributed by atoms with Crippen LogP contribution < -0.4 is 5.56 Å². The van der Waals surface area contributed by atoms with E-state index in [2.05, 4.69) is 56.7 Å². The zero-order chi connectivity index (χ0) is 18.6. The lowest BCUT2D eigenvalue weighted by Gasteiger charge is -2.27. The van der Waals surface area contributed by atoms with E-state index in [0.29, 0.717) is 11.2 Å². The highest BCUT2D eigenvalue weighted by Gasteiger charge is 2.26. The van der Waals surface area contributed by atoms with Crippen molar-refractivity contribution in [1.82, 2.24) is 20.0 Å². The Morgan fingerprint density at radius 2 is 1.72 bits per heavy atom. The van der Waals surface area contributed by atoms with Crippen molar-refractivity contribution in [1.29, 1.82) is 0 Å². The molecule has 132 valence electrons. The minimum absolute atomic E-state index is 0.105. The third kappa shape index (κ3) is 3.04. The SMILES string of the molecule is CC(C)(C)c1cc(-n2nc3cc[nH]c(=O)c3n2)c(O)c(C(C)(C)C)c1. The predicted octanol–water partition coefficient (Wildman–Crippen LogP) is 3.41. The van der Waals surface area contributed by atoms with Crippen LogP contribution in [0.3, 0.4) is 0 Å². The highest BCUT2D eigenvalue weighted by Crippen LogP contribution is 2.38. The van der Waals surface area contributed by atoms with E-state index in [1.807, 2.05) is 12.1 Å². The molecular weight excluding hydrogens is 316 g/mol. The second kappa shape index (κ2) is 5.44. The lowest BCUT2D eigenvalue weighted by molar-refractivity contribution is 0.438. The van der Waals surface area contributed by atoms with Crippen LogP contribution in [0.25, 0.3) is 16.7 Å². The molecule has 6 heteroatoms. The van der Waals surface area contributed by atoms with Gasteiger partial charge in [0.15, 0.2) is 5.52 Å². The molecule has 0 aliphatic heterocycles. The van der Waals surface area contributed by atoms with Gasteiger partial charge in [-0.15, -0.1) is 15.0 Å². The van der Waals surface area contributed by atoms with E-state index >= 15 is 0 Å². The second-order valence-electron chi connectivity index (χ2n) is 8.42. The molecule has 6 nitrogen and oxygen atoms in total. The summed E-state index contributed by atoms with van der Waals surface area (Å²) in [6.45, 7) is 12.5. The predicted molar refractivity (Wildman–Crippen MR) is 98.6 cm³/mol. The Morgan fingerprint density at radius 3 is 2.28 bits per heavy atom. The summed E-state index contributed by atoms with van der Waals surface area (Å²) in [6, 6.07) is 5.61. The molecule has 0 saturated heterocycles. The van der Waals surface area contributed by atoms with Crippen molar-refractivity contribution < 1.29 is 5.11 Å². The standard InChI is InChI=1S/C19H24N4O2/c1-18(2,3)11-9-12(19(4,5)6)16(24)14(10-11)23-21-13-7-8-20-17(25)15(13)22-23/h7-10,24H,1-6H3,(H,20,25). The summed E-state index contributed by atoms with van der Waals surface area (Å²) in [6.07, 6.45) is 1.54. The van der Waals surface area contributed by atoms with Crippen LogP contribution in [-0.4, -0.2) is 25.1 Å². The van der Waals surface area contributed by atoms with Crippen molar-refractivity contribution in [3.8, 4) is 11.4 Å². The van der Waals surface area contributed by atoms with Gasteiger partial charge in [-0.3, -0.25) is 4.79 Å². The van der Waals surface area contributed by atoms with Crippen molar-refractivity contribution in [2.45, 2.75) is 52.4 Å². The Bertz CT molecular complexity index is 1000. The fourth-order valence-electron chi connectivity index (χ4n) is 2.74. The fraction of sp³-hybridized carbons (Fsp3) is 0.421. The van der Waals surface area contributed by atoms with Gasteiger partial charge >= 0.3 is 0 Å². The minimum Gasteiger partial charge on any atom is -0.505 e. The summed E-state index contributed by atoms with van der Waals surface area (Å²) in [4.78, 5) is 15.9. The maximum atomic E-state index is 11.9. The first-order chi connectivity index (χ1) is 11.5. The van der Waals surface area contributed by atoms with Crippen LogP contribution in [0.15, 0.2) is 29.2 Å². The molecule has 0 saturated carbocycles. The molecule has 0 unspecified atom stereocenters. The number of phenols is 1. The number of H-pyrrole nitrogens is 1. The van der Waals surface area contributed by atoms with Crippen LogP contribution in [-0.2, 0) is 10.8 Å². The summed E-state index contributed by atoms with van der Waals surface area (Å²) in [5, 5.41) is 19.5. The lowest BCUT2D eigenvalue weighted by Crippen LogP contribution is -2.18. The number of aromatic hydroxyl groups is 1. The molecule has 0 radical (unpaired) electrons. The first-order valence-corrected chi connectivity index (χ1v) is 8.31. The second-order valence-corrected chi connectivity index (χ2v) is 8.42. The van der Waals surface area contributed by atoms with Gasteiger partial charge in [0.05, 0.1) is 0 Å². The maximum absolute atomic E-state index is 11.9. The van der Waals surface area contributed by atoms with E-state index in [1.165, 1.54) is 11.0 Å². The van der Waals surface area contributed by atoms with Gasteiger partial charge in [0.2, 0.25) is 0 Å². The number of nitrogens with one attached hydrogen (secondary N) is 1. The van der Waals surface area contributed by atoms with Gasteiger partial charge < -0.3 is 10.1 Å². The molecule has 25 heavy (non-hydrogen) atoms. The van der Waals surface area contributed by atoms with E-state index in [-0.39, 0.29) is 27.7 Å². The maximum Gasteiger partial charge on any atom is 0.278 e. The number of hydrogen-bond donors (Lipinski definition) is 2. The summed E-state index contributed by atoms with van der Waals surface area (Å²) in [5.41, 5.74) is 2.46. The molecule has 2 aromatic heterocycles. The van der Waals surface area contributed by atoms with Crippen LogP contribution in [0, 0.1) is 0 Å². The Hall–Kier alpha value is -2.63. The lowest BCUT2D eigenvalue weighted by atomic mass is 9.80. The zero-order valence-electron chi connectivity index (χ0n) is 15.5. The summed E-state index contributed by atoms with van der Waals surface area (Å²) in [5.74, 6) is 0.136. The van der Waals surface area contributed by atoms with Crippen LogP contribution >= 0.6 is 0 Å². The van der Waals surface area contributed by atoms with Gasteiger partial charge in [-0.2, -0.15) is 0 Å². The largest absolute Gasteiger partial charge is 0.505 e. The van der Waals surface area contributed by atoms with Gasteiger partial charge in [-0.25, -0.2) is 0 Å². The normalized spacial score (nSPS) is 12.7. The first-order valence-electron chi connectivity index (χ1n) is 8.31. The van der Waals surface area contributed by atoms with Crippen molar-refractivity contribution in [3.63, 3.8) is 0 Å². The third-order valence-corrected chi connectivity index (χ3v) is 4.29. The number of nitrogens with zero attached hydrogens (tertiary/aromatic N) is 3. The molecule has 2 N–H and O–H groups in total. The Kier molecular flexibility index (Phi) is 3.74.